The van der Waals surface area contributed by atoms with Gasteiger partial charge in [-0.1, -0.05) is 0 Å². The second-order valence-electron chi connectivity index (χ2n) is 3.31. The second-order valence-corrected chi connectivity index (χ2v) is 3.31. The number of hydrogen-bond donors (Lipinski definition) is 2. The number of anilines is 1. The van der Waals surface area contributed by atoms with E-state index in [9.17, 15) is 9.18 Å². The lowest BCUT2D eigenvalue weighted by atomic mass is 10.2. The normalized spacial score (nSPS) is 10.1. The van der Waals surface area contributed by atoms with Crippen LogP contribution in [0.25, 0.3) is 0 Å². The Hall–Kier alpha value is -1.62. The lowest BCUT2D eigenvalue weighted by Gasteiger charge is -2.05. The fraction of sp³-hybridized carbons (Fsp3) is 0.364. The van der Waals surface area contributed by atoms with Gasteiger partial charge in [-0.05, 0) is 31.0 Å². The average Bonchev–Trinajstić information content (AvgIpc) is 2.24. The van der Waals surface area contributed by atoms with E-state index >= 15 is 0 Å². The van der Waals surface area contributed by atoms with Crippen molar-refractivity contribution in [2.24, 2.45) is 0 Å². The summed E-state index contributed by atoms with van der Waals surface area (Å²) in [7, 11) is 0. The van der Waals surface area contributed by atoms with Gasteiger partial charge in [0, 0.05) is 12.3 Å². The topological polar surface area (TPSA) is 72.6 Å². The van der Waals surface area contributed by atoms with E-state index < -0.39 is 11.8 Å². The highest BCUT2D eigenvalue weighted by atomic mass is 19.1. The zero-order valence-corrected chi connectivity index (χ0v) is 8.78. The van der Waals surface area contributed by atoms with Crippen molar-refractivity contribution in [3.8, 4) is 0 Å². The van der Waals surface area contributed by atoms with Crippen molar-refractivity contribution in [3.63, 3.8) is 0 Å². The van der Waals surface area contributed by atoms with E-state index in [1.807, 2.05) is 0 Å². The minimum Gasteiger partial charge on any atom is -0.462 e. The van der Waals surface area contributed by atoms with E-state index in [2.05, 4.69) is 0 Å². The summed E-state index contributed by atoms with van der Waals surface area (Å²) in [6.07, 6.45) is 1.11. The van der Waals surface area contributed by atoms with Crippen LogP contribution in [0.3, 0.4) is 0 Å². The summed E-state index contributed by atoms with van der Waals surface area (Å²) in [5.74, 6) is -1.40. The van der Waals surface area contributed by atoms with E-state index in [4.69, 9.17) is 15.6 Å². The standard InChI is InChI=1S/C11H14FNO3/c12-10-7-8(13)3-4-9(10)11(15)16-6-2-1-5-14/h3-4,7,14H,1-2,5-6,13H2. The first kappa shape index (κ1) is 12.4. The van der Waals surface area contributed by atoms with Crippen LogP contribution in [0.1, 0.15) is 23.2 Å². The first-order chi connectivity index (χ1) is 7.65. The van der Waals surface area contributed by atoms with Crippen molar-refractivity contribution >= 4 is 11.7 Å². The highest BCUT2D eigenvalue weighted by Crippen LogP contribution is 2.13. The number of rotatable bonds is 5. The number of nitrogen functional groups attached to an aromatic ring is 1. The number of ether oxygens (including phenoxy) is 1. The number of halogens is 1. The molecule has 0 unspecified atom stereocenters. The molecule has 3 N–H and O–H groups in total. The summed E-state index contributed by atoms with van der Waals surface area (Å²) in [4.78, 5) is 11.4. The van der Waals surface area contributed by atoms with Gasteiger partial charge in [-0.2, -0.15) is 0 Å². The van der Waals surface area contributed by atoms with Gasteiger partial charge in [0.05, 0.1) is 12.2 Å². The van der Waals surface area contributed by atoms with Crippen molar-refractivity contribution in [3.05, 3.63) is 29.6 Å². The van der Waals surface area contributed by atoms with Crippen LogP contribution in [0.15, 0.2) is 18.2 Å². The molecule has 0 aliphatic rings. The Labute approximate surface area is 92.8 Å². The molecule has 0 saturated carbocycles. The van der Waals surface area contributed by atoms with Crippen LogP contribution in [0.4, 0.5) is 10.1 Å². The minimum absolute atomic E-state index is 0.0494. The Kier molecular flexibility index (Phi) is 4.72. The van der Waals surface area contributed by atoms with Crippen molar-refractivity contribution in [1.29, 1.82) is 0 Å². The average molecular weight is 227 g/mol. The molecule has 0 heterocycles. The predicted molar refractivity (Wildman–Crippen MR) is 57.4 cm³/mol. The quantitative estimate of drug-likeness (QED) is 0.452. The number of carbonyl (C=O) groups excluding carboxylic acids is 1. The molecule has 1 aromatic carbocycles. The molecule has 0 bridgehead atoms. The van der Waals surface area contributed by atoms with Crippen LogP contribution in [-0.4, -0.2) is 24.3 Å². The number of esters is 1. The monoisotopic (exact) mass is 227 g/mol. The summed E-state index contributed by atoms with van der Waals surface area (Å²) in [5, 5.41) is 8.51. The molecule has 1 aromatic rings. The maximum atomic E-state index is 13.3. The third kappa shape index (κ3) is 3.51. The highest BCUT2D eigenvalue weighted by Gasteiger charge is 2.12. The fourth-order valence-corrected chi connectivity index (χ4v) is 1.15. The molecule has 0 fully saturated rings. The molecule has 0 atom stereocenters. The first-order valence-electron chi connectivity index (χ1n) is 4.98. The van der Waals surface area contributed by atoms with E-state index in [1.165, 1.54) is 12.1 Å². The zero-order chi connectivity index (χ0) is 12.0. The molecule has 5 heteroatoms. The summed E-state index contributed by atoms with van der Waals surface area (Å²) in [5.41, 5.74) is 5.48. The van der Waals surface area contributed by atoms with Gasteiger partial charge in [0.25, 0.3) is 0 Å². The molecule has 0 aliphatic carbocycles. The Balaban J connectivity index is 2.53. The molecular formula is C11H14FNO3. The molecule has 0 spiro atoms. The van der Waals surface area contributed by atoms with E-state index in [0.29, 0.717) is 12.8 Å². The first-order valence-corrected chi connectivity index (χ1v) is 4.98. The van der Waals surface area contributed by atoms with Crippen molar-refractivity contribution in [2.45, 2.75) is 12.8 Å². The number of unbranched alkanes of at least 4 members (excludes halogenated alkanes) is 1. The third-order valence-corrected chi connectivity index (χ3v) is 2.00. The van der Waals surface area contributed by atoms with Crippen LogP contribution >= 0.6 is 0 Å². The number of aliphatic hydroxyl groups is 1. The maximum absolute atomic E-state index is 13.3. The lowest BCUT2D eigenvalue weighted by molar-refractivity contribution is 0.0487. The molecule has 4 nitrogen and oxygen atoms in total. The Bertz CT molecular complexity index is 368. The van der Waals surface area contributed by atoms with Gasteiger partial charge >= 0.3 is 5.97 Å². The van der Waals surface area contributed by atoms with Crippen LogP contribution < -0.4 is 5.73 Å². The zero-order valence-electron chi connectivity index (χ0n) is 8.78. The Morgan fingerprint density at radius 2 is 2.19 bits per heavy atom. The molecule has 0 amide bonds. The van der Waals surface area contributed by atoms with Crippen LogP contribution in [0.2, 0.25) is 0 Å². The molecule has 88 valence electrons. The second kappa shape index (κ2) is 6.07. The van der Waals surface area contributed by atoms with Crippen LogP contribution in [0, 0.1) is 5.82 Å². The van der Waals surface area contributed by atoms with Gasteiger partial charge < -0.3 is 15.6 Å². The van der Waals surface area contributed by atoms with Crippen LogP contribution in [0.5, 0.6) is 0 Å². The Morgan fingerprint density at radius 3 is 2.81 bits per heavy atom. The smallest absolute Gasteiger partial charge is 0.341 e. The number of aliphatic hydroxyl groups excluding tert-OH is 1. The van der Waals surface area contributed by atoms with Crippen molar-refractivity contribution in [2.75, 3.05) is 18.9 Å². The Morgan fingerprint density at radius 1 is 1.44 bits per heavy atom. The van der Waals surface area contributed by atoms with Crippen molar-refractivity contribution in [1.82, 2.24) is 0 Å². The minimum atomic E-state index is -0.713. The summed E-state index contributed by atoms with van der Waals surface area (Å²) in [6.45, 7) is 0.219. The van der Waals surface area contributed by atoms with E-state index in [0.717, 1.165) is 6.07 Å². The van der Waals surface area contributed by atoms with Gasteiger partial charge in [-0.15, -0.1) is 0 Å². The molecule has 0 radical (unpaired) electrons. The van der Waals surface area contributed by atoms with Gasteiger partial charge in [0.2, 0.25) is 0 Å². The number of hydrogen-bond acceptors (Lipinski definition) is 4. The number of nitrogens with two attached hydrogens (primary N) is 1. The van der Waals surface area contributed by atoms with Crippen LogP contribution in [-0.2, 0) is 4.74 Å². The predicted octanol–water partition coefficient (Wildman–Crippen LogP) is 1.34. The third-order valence-electron chi connectivity index (χ3n) is 2.00. The summed E-state index contributed by atoms with van der Waals surface area (Å²) >= 11 is 0. The van der Waals surface area contributed by atoms with Gasteiger partial charge in [0.1, 0.15) is 5.82 Å². The number of carbonyl (C=O) groups is 1. The molecule has 1 rings (SSSR count). The van der Waals surface area contributed by atoms with Gasteiger partial charge in [-0.3, -0.25) is 0 Å². The SMILES string of the molecule is Nc1ccc(C(=O)OCCCCO)c(F)c1. The van der Waals surface area contributed by atoms with E-state index in [-0.39, 0.29) is 24.5 Å². The lowest BCUT2D eigenvalue weighted by Crippen LogP contribution is -2.09. The fourth-order valence-electron chi connectivity index (χ4n) is 1.15. The van der Waals surface area contributed by atoms with Gasteiger partial charge in [0.15, 0.2) is 0 Å². The molecule has 0 aliphatic heterocycles. The summed E-state index contributed by atoms with van der Waals surface area (Å²) < 4.78 is 18.1. The number of benzene rings is 1. The highest BCUT2D eigenvalue weighted by molar-refractivity contribution is 5.90. The summed E-state index contributed by atoms with van der Waals surface area (Å²) in [6, 6.07) is 3.80. The van der Waals surface area contributed by atoms with Gasteiger partial charge in [-0.25, -0.2) is 9.18 Å². The molecule has 0 aromatic heterocycles. The maximum Gasteiger partial charge on any atom is 0.341 e. The van der Waals surface area contributed by atoms with Crippen molar-refractivity contribution < 1.29 is 19.0 Å². The molecule has 0 saturated heterocycles. The largest absolute Gasteiger partial charge is 0.462 e. The molecular weight excluding hydrogens is 213 g/mol. The molecule has 16 heavy (non-hydrogen) atoms. The van der Waals surface area contributed by atoms with E-state index in [1.54, 1.807) is 0 Å².